The lowest BCUT2D eigenvalue weighted by molar-refractivity contribution is 0.341. The number of amidine groups is 1. The molecule has 0 saturated heterocycles. The molecule has 2 aromatic rings. The average Bonchev–Trinajstić information content (AvgIpc) is 3.02. The topological polar surface area (TPSA) is 51.3 Å². The van der Waals surface area contributed by atoms with Crippen LogP contribution in [0, 0.1) is 11.7 Å². The lowest BCUT2D eigenvalue weighted by Gasteiger charge is -2.36. The first-order chi connectivity index (χ1) is 12.1. The van der Waals surface area contributed by atoms with Gasteiger partial charge in [0.15, 0.2) is 5.17 Å². The number of fused-ring (bicyclic) bond motifs is 1. The first-order valence-corrected chi connectivity index (χ1v) is 9.81. The van der Waals surface area contributed by atoms with Crippen LogP contribution in [-0.2, 0) is 12.0 Å². The van der Waals surface area contributed by atoms with Gasteiger partial charge in [0, 0.05) is 29.6 Å². The summed E-state index contributed by atoms with van der Waals surface area (Å²) >= 11 is 7.48. The minimum Gasteiger partial charge on any atom is -0.379 e. The predicted octanol–water partition coefficient (Wildman–Crippen LogP) is 4.52. The van der Waals surface area contributed by atoms with Crippen molar-refractivity contribution in [1.82, 2.24) is 4.98 Å². The first kappa shape index (κ1) is 16.9. The first-order valence-electron chi connectivity index (χ1n) is 8.44. The second-order valence-electron chi connectivity index (χ2n) is 6.73. The van der Waals surface area contributed by atoms with Crippen molar-refractivity contribution in [3.05, 3.63) is 64.2 Å². The molecule has 0 radical (unpaired) electrons. The molecule has 25 heavy (non-hydrogen) atoms. The largest absolute Gasteiger partial charge is 0.379 e. The summed E-state index contributed by atoms with van der Waals surface area (Å²) in [6, 6.07) is 9.05. The standard InChI is InChI=1S/C19H19ClFN3S/c20-14-4-5-15(23-10-14)8-12-3-6-17(21)16(9-12)19-7-1-2-13(19)11-25-18(22)24-19/h3-6,9-10,13H,1-2,7-8,11H2,(H2,22,24)/t13-,19-/m0/s1. The SMILES string of the molecule is NC1=N[C@@]2(c3cc(Cc4ccc(Cl)cn4)ccc3F)CCC[C@H]2CS1. The molecule has 0 bridgehead atoms. The van der Waals surface area contributed by atoms with E-state index in [0.29, 0.717) is 28.1 Å². The number of halogens is 2. The zero-order valence-electron chi connectivity index (χ0n) is 13.7. The van der Waals surface area contributed by atoms with Gasteiger partial charge >= 0.3 is 0 Å². The number of hydrogen-bond donors (Lipinski definition) is 1. The highest BCUT2D eigenvalue weighted by Crippen LogP contribution is 2.51. The summed E-state index contributed by atoms with van der Waals surface area (Å²) in [4.78, 5) is 9.09. The molecule has 4 rings (SSSR count). The number of nitrogens with two attached hydrogens (primary N) is 1. The Morgan fingerprint density at radius 1 is 1.32 bits per heavy atom. The van der Waals surface area contributed by atoms with Crippen molar-refractivity contribution in [2.24, 2.45) is 16.6 Å². The summed E-state index contributed by atoms with van der Waals surface area (Å²) in [5, 5.41) is 1.18. The van der Waals surface area contributed by atoms with Crippen LogP contribution in [-0.4, -0.2) is 15.9 Å². The molecule has 1 aliphatic heterocycles. The van der Waals surface area contributed by atoms with Crippen molar-refractivity contribution >= 4 is 28.5 Å². The third-order valence-electron chi connectivity index (χ3n) is 5.20. The smallest absolute Gasteiger partial charge is 0.154 e. The number of benzene rings is 1. The predicted molar refractivity (Wildman–Crippen MR) is 102 cm³/mol. The summed E-state index contributed by atoms with van der Waals surface area (Å²) < 4.78 is 14.8. The van der Waals surface area contributed by atoms with E-state index in [0.717, 1.165) is 36.3 Å². The molecule has 1 saturated carbocycles. The minimum atomic E-state index is -0.497. The molecule has 0 amide bonds. The molecule has 0 unspecified atom stereocenters. The van der Waals surface area contributed by atoms with Crippen LogP contribution in [0.15, 0.2) is 41.5 Å². The van der Waals surface area contributed by atoms with Crippen molar-refractivity contribution in [3.8, 4) is 0 Å². The minimum absolute atomic E-state index is 0.192. The van der Waals surface area contributed by atoms with Crippen molar-refractivity contribution in [2.45, 2.75) is 31.2 Å². The van der Waals surface area contributed by atoms with Crippen molar-refractivity contribution in [1.29, 1.82) is 0 Å². The molecule has 1 aromatic carbocycles. The van der Waals surface area contributed by atoms with Gasteiger partial charge in [-0.25, -0.2) is 4.39 Å². The number of hydrogen-bond acceptors (Lipinski definition) is 4. The lowest BCUT2D eigenvalue weighted by Crippen LogP contribution is -2.37. The Hall–Kier alpha value is -1.59. The number of rotatable bonds is 3. The fourth-order valence-corrected chi connectivity index (χ4v) is 5.15. The van der Waals surface area contributed by atoms with E-state index in [1.165, 1.54) is 0 Å². The summed E-state index contributed by atoms with van der Waals surface area (Å²) in [5.41, 5.74) is 8.13. The molecular formula is C19H19ClFN3S. The molecule has 2 heterocycles. The second-order valence-corrected chi connectivity index (χ2v) is 8.21. The Bertz CT molecular complexity index is 824. The summed E-state index contributed by atoms with van der Waals surface area (Å²) in [5.74, 6) is 1.07. The van der Waals surface area contributed by atoms with E-state index < -0.39 is 5.54 Å². The Labute approximate surface area is 155 Å². The molecule has 1 fully saturated rings. The van der Waals surface area contributed by atoms with E-state index in [-0.39, 0.29) is 5.82 Å². The van der Waals surface area contributed by atoms with Gasteiger partial charge in [0.2, 0.25) is 0 Å². The highest BCUT2D eigenvalue weighted by atomic mass is 35.5. The van der Waals surface area contributed by atoms with Gasteiger partial charge < -0.3 is 5.73 Å². The Kier molecular flexibility index (Phi) is 4.46. The fourth-order valence-electron chi connectivity index (χ4n) is 3.99. The number of thioether (sulfide) groups is 1. The Morgan fingerprint density at radius 2 is 2.20 bits per heavy atom. The average molecular weight is 376 g/mol. The van der Waals surface area contributed by atoms with Gasteiger partial charge in [0.05, 0.1) is 10.6 Å². The monoisotopic (exact) mass is 375 g/mol. The molecule has 2 aliphatic rings. The number of aliphatic imine (C=N–C) groups is 1. The van der Waals surface area contributed by atoms with Gasteiger partial charge in [-0.2, -0.15) is 0 Å². The molecule has 3 nitrogen and oxygen atoms in total. The van der Waals surface area contributed by atoms with Crippen molar-refractivity contribution in [2.75, 3.05) is 5.75 Å². The fraction of sp³-hybridized carbons (Fsp3) is 0.368. The van der Waals surface area contributed by atoms with Crippen LogP contribution in [0.4, 0.5) is 4.39 Å². The van der Waals surface area contributed by atoms with E-state index in [1.54, 1.807) is 24.0 Å². The van der Waals surface area contributed by atoms with Gasteiger partial charge in [0.25, 0.3) is 0 Å². The molecule has 1 aromatic heterocycles. The van der Waals surface area contributed by atoms with Gasteiger partial charge in [0.1, 0.15) is 5.82 Å². The maximum atomic E-state index is 14.8. The summed E-state index contributed by atoms with van der Waals surface area (Å²) in [6.07, 6.45) is 5.27. The van der Waals surface area contributed by atoms with Gasteiger partial charge in [-0.3, -0.25) is 9.98 Å². The molecule has 0 spiro atoms. The highest BCUT2D eigenvalue weighted by Gasteiger charge is 2.47. The van der Waals surface area contributed by atoms with E-state index in [4.69, 9.17) is 22.3 Å². The summed E-state index contributed by atoms with van der Waals surface area (Å²) in [7, 11) is 0. The molecule has 1 aliphatic carbocycles. The number of aromatic nitrogens is 1. The molecule has 6 heteroatoms. The highest BCUT2D eigenvalue weighted by molar-refractivity contribution is 8.13. The van der Waals surface area contributed by atoms with Crippen LogP contribution in [0.5, 0.6) is 0 Å². The number of nitrogens with zero attached hydrogens (tertiary/aromatic N) is 2. The second kappa shape index (κ2) is 6.61. The van der Waals surface area contributed by atoms with Crippen LogP contribution in [0.25, 0.3) is 0 Å². The maximum Gasteiger partial charge on any atom is 0.154 e. The number of pyridine rings is 1. The van der Waals surface area contributed by atoms with Gasteiger partial charge in [-0.05, 0) is 42.5 Å². The van der Waals surface area contributed by atoms with Crippen LogP contribution >= 0.6 is 23.4 Å². The molecule has 130 valence electrons. The Balaban J connectivity index is 1.72. The van der Waals surface area contributed by atoms with Crippen molar-refractivity contribution in [3.63, 3.8) is 0 Å². The molecule has 2 N–H and O–H groups in total. The summed E-state index contributed by atoms with van der Waals surface area (Å²) in [6.45, 7) is 0. The third kappa shape index (κ3) is 3.15. The van der Waals surface area contributed by atoms with Crippen LogP contribution in [0.2, 0.25) is 5.02 Å². The van der Waals surface area contributed by atoms with E-state index in [1.807, 2.05) is 24.3 Å². The molecule has 2 atom stereocenters. The maximum absolute atomic E-state index is 14.8. The van der Waals surface area contributed by atoms with E-state index in [9.17, 15) is 4.39 Å². The normalized spacial score (nSPS) is 25.5. The van der Waals surface area contributed by atoms with Crippen LogP contribution in [0.3, 0.4) is 0 Å². The Morgan fingerprint density at radius 3 is 3.00 bits per heavy atom. The van der Waals surface area contributed by atoms with Gasteiger partial charge in [-0.15, -0.1) is 0 Å². The van der Waals surface area contributed by atoms with Crippen LogP contribution < -0.4 is 5.73 Å². The lowest BCUT2D eigenvalue weighted by atomic mass is 9.80. The van der Waals surface area contributed by atoms with E-state index in [2.05, 4.69) is 4.98 Å². The van der Waals surface area contributed by atoms with Crippen molar-refractivity contribution < 1.29 is 4.39 Å². The quantitative estimate of drug-likeness (QED) is 0.857. The van der Waals surface area contributed by atoms with Gasteiger partial charge in [-0.1, -0.05) is 41.9 Å². The zero-order valence-corrected chi connectivity index (χ0v) is 15.3. The van der Waals surface area contributed by atoms with Crippen LogP contribution in [0.1, 0.15) is 36.1 Å². The molecular weight excluding hydrogens is 357 g/mol. The third-order valence-corrected chi connectivity index (χ3v) is 6.38. The zero-order chi connectivity index (χ0) is 17.4. The van der Waals surface area contributed by atoms with E-state index >= 15 is 0 Å².